The highest BCUT2D eigenvalue weighted by Crippen LogP contribution is 2.33. The third-order valence-corrected chi connectivity index (χ3v) is 4.22. The number of amides is 1. The summed E-state index contributed by atoms with van der Waals surface area (Å²) in [4.78, 5) is 25.4. The van der Waals surface area contributed by atoms with E-state index in [0.29, 0.717) is 24.9 Å². The van der Waals surface area contributed by atoms with Gasteiger partial charge in [0.05, 0.1) is 5.39 Å². The summed E-state index contributed by atoms with van der Waals surface area (Å²) in [5.41, 5.74) is 1.33. The van der Waals surface area contributed by atoms with E-state index in [2.05, 4.69) is 0 Å². The number of aliphatic hydroxyl groups is 1. The van der Waals surface area contributed by atoms with Gasteiger partial charge in [0.15, 0.2) is 0 Å². The molecule has 5 heteroatoms. The highest BCUT2D eigenvalue weighted by molar-refractivity contribution is 5.94. The molecule has 1 amide bonds. The Kier molecular flexibility index (Phi) is 4.05. The molecule has 2 heterocycles. The fourth-order valence-electron chi connectivity index (χ4n) is 3.03. The third kappa shape index (κ3) is 2.80. The van der Waals surface area contributed by atoms with Gasteiger partial charge in [-0.25, -0.2) is 4.79 Å². The molecule has 0 saturated carbocycles. The summed E-state index contributed by atoms with van der Waals surface area (Å²) in [6.45, 7) is 4.28. The molecule has 1 aliphatic heterocycles. The minimum atomic E-state index is -0.881. The van der Waals surface area contributed by atoms with Crippen LogP contribution in [0.4, 0.5) is 0 Å². The maximum atomic E-state index is 12.1. The fraction of sp³-hybridized carbons (Fsp3) is 0.333. The first kappa shape index (κ1) is 15.5. The van der Waals surface area contributed by atoms with Crippen LogP contribution in [-0.4, -0.2) is 29.0 Å². The van der Waals surface area contributed by atoms with Crippen LogP contribution in [0.2, 0.25) is 0 Å². The van der Waals surface area contributed by atoms with Crippen molar-refractivity contribution in [3.05, 3.63) is 52.1 Å². The van der Waals surface area contributed by atoms with E-state index in [1.54, 1.807) is 30.9 Å². The Morgan fingerprint density at radius 2 is 2.00 bits per heavy atom. The van der Waals surface area contributed by atoms with Crippen LogP contribution < -0.4 is 5.63 Å². The Morgan fingerprint density at radius 3 is 2.57 bits per heavy atom. The van der Waals surface area contributed by atoms with Gasteiger partial charge < -0.3 is 14.4 Å². The van der Waals surface area contributed by atoms with Crippen LogP contribution in [0.25, 0.3) is 16.3 Å². The average molecular weight is 313 g/mol. The second-order valence-corrected chi connectivity index (χ2v) is 5.79. The van der Waals surface area contributed by atoms with Crippen molar-refractivity contribution < 1.29 is 14.3 Å². The van der Waals surface area contributed by atoms with Crippen molar-refractivity contribution in [2.45, 2.75) is 26.4 Å². The van der Waals surface area contributed by atoms with Crippen LogP contribution in [0.1, 0.15) is 37.7 Å². The number of hydrogen-bond donors (Lipinski definition) is 1. The smallest absolute Gasteiger partial charge is 0.343 e. The van der Waals surface area contributed by atoms with E-state index in [1.165, 1.54) is 0 Å². The SMILES string of the molecule is CC(=O)N1CC=C(c2c(C(C)O)oc(=O)c3ccccc23)CC1. The normalized spacial score (nSPS) is 16.3. The molecule has 2 aromatic rings. The average Bonchev–Trinajstić information content (AvgIpc) is 2.55. The molecule has 0 spiro atoms. The lowest BCUT2D eigenvalue weighted by atomic mass is 9.92. The first-order valence-electron chi connectivity index (χ1n) is 7.67. The van der Waals surface area contributed by atoms with Gasteiger partial charge >= 0.3 is 5.63 Å². The summed E-state index contributed by atoms with van der Waals surface area (Å²) in [5.74, 6) is 0.330. The monoisotopic (exact) mass is 313 g/mol. The summed E-state index contributed by atoms with van der Waals surface area (Å²) >= 11 is 0. The van der Waals surface area contributed by atoms with Crippen LogP contribution in [0, 0.1) is 0 Å². The molecular weight excluding hydrogens is 294 g/mol. The Morgan fingerprint density at radius 1 is 1.30 bits per heavy atom. The summed E-state index contributed by atoms with van der Waals surface area (Å²) in [6.07, 6.45) is 1.75. The second kappa shape index (κ2) is 6.01. The lowest BCUT2D eigenvalue weighted by Crippen LogP contribution is -2.32. The van der Waals surface area contributed by atoms with Crippen molar-refractivity contribution in [3.8, 4) is 0 Å². The Bertz CT molecular complexity index is 848. The van der Waals surface area contributed by atoms with Crippen LogP contribution in [0.5, 0.6) is 0 Å². The number of carbonyl (C=O) groups excluding carboxylic acids is 1. The maximum absolute atomic E-state index is 12.1. The maximum Gasteiger partial charge on any atom is 0.343 e. The van der Waals surface area contributed by atoms with Crippen LogP contribution in [-0.2, 0) is 4.79 Å². The number of hydrogen-bond acceptors (Lipinski definition) is 4. The molecule has 3 rings (SSSR count). The first-order valence-corrected chi connectivity index (χ1v) is 7.67. The predicted molar refractivity (Wildman–Crippen MR) is 88.0 cm³/mol. The molecule has 1 unspecified atom stereocenters. The quantitative estimate of drug-likeness (QED) is 0.924. The number of rotatable bonds is 2. The topological polar surface area (TPSA) is 70.8 Å². The predicted octanol–water partition coefficient (Wildman–Crippen LogP) is 2.48. The third-order valence-electron chi connectivity index (χ3n) is 4.22. The summed E-state index contributed by atoms with van der Waals surface area (Å²) in [7, 11) is 0. The zero-order valence-corrected chi connectivity index (χ0v) is 13.2. The highest BCUT2D eigenvalue weighted by Gasteiger charge is 2.23. The van der Waals surface area contributed by atoms with Gasteiger partial charge in [0.25, 0.3) is 0 Å². The number of aliphatic hydroxyl groups excluding tert-OH is 1. The van der Waals surface area contributed by atoms with Crippen molar-refractivity contribution in [1.82, 2.24) is 4.90 Å². The van der Waals surface area contributed by atoms with E-state index in [0.717, 1.165) is 16.5 Å². The van der Waals surface area contributed by atoms with Crippen molar-refractivity contribution in [2.75, 3.05) is 13.1 Å². The Balaban J connectivity index is 2.20. The summed E-state index contributed by atoms with van der Waals surface area (Å²) < 4.78 is 5.38. The molecule has 1 atom stereocenters. The molecule has 0 fully saturated rings. The molecule has 1 aromatic heterocycles. The van der Waals surface area contributed by atoms with Crippen molar-refractivity contribution in [1.29, 1.82) is 0 Å². The molecule has 1 N–H and O–H groups in total. The summed E-state index contributed by atoms with van der Waals surface area (Å²) in [6, 6.07) is 7.24. The first-order chi connectivity index (χ1) is 11.0. The molecule has 23 heavy (non-hydrogen) atoms. The van der Waals surface area contributed by atoms with Crippen molar-refractivity contribution in [3.63, 3.8) is 0 Å². The molecule has 0 bridgehead atoms. The van der Waals surface area contributed by atoms with Crippen LogP contribution in [0.15, 0.2) is 39.6 Å². The molecule has 5 nitrogen and oxygen atoms in total. The Labute approximate surface area is 133 Å². The number of fused-ring (bicyclic) bond motifs is 1. The van der Waals surface area contributed by atoms with E-state index >= 15 is 0 Å². The zero-order chi connectivity index (χ0) is 16.6. The molecule has 0 radical (unpaired) electrons. The van der Waals surface area contributed by atoms with E-state index in [1.807, 2.05) is 18.2 Å². The van der Waals surface area contributed by atoms with Crippen LogP contribution >= 0.6 is 0 Å². The van der Waals surface area contributed by atoms with Crippen LogP contribution in [0.3, 0.4) is 0 Å². The zero-order valence-electron chi connectivity index (χ0n) is 13.2. The van der Waals surface area contributed by atoms with Gasteiger partial charge in [-0.15, -0.1) is 0 Å². The standard InChI is InChI=1S/C18H19NO4/c1-11(20)17-16(13-7-9-19(10-8-13)12(2)21)14-5-3-4-6-15(14)18(22)23-17/h3-7,11,20H,8-10H2,1-2H3. The van der Waals surface area contributed by atoms with E-state index in [9.17, 15) is 14.7 Å². The largest absolute Gasteiger partial charge is 0.424 e. The number of benzene rings is 1. The minimum absolute atomic E-state index is 0.0421. The van der Waals surface area contributed by atoms with Gasteiger partial charge in [0.1, 0.15) is 11.9 Å². The fourth-order valence-corrected chi connectivity index (χ4v) is 3.03. The van der Waals surface area contributed by atoms with Crippen molar-refractivity contribution >= 4 is 22.3 Å². The number of carbonyl (C=O) groups is 1. The molecule has 1 aromatic carbocycles. The van der Waals surface area contributed by atoms with Gasteiger partial charge in [-0.3, -0.25) is 4.79 Å². The molecule has 0 saturated heterocycles. The Hall–Kier alpha value is -2.40. The van der Waals surface area contributed by atoms with E-state index in [4.69, 9.17) is 4.42 Å². The van der Waals surface area contributed by atoms with Gasteiger partial charge in [0, 0.05) is 25.6 Å². The van der Waals surface area contributed by atoms with Crippen molar-refractivity contribution in [2.24, 2.45) is 0 Å². The number of nitrogens with zero attached hydrogens (tertiary/aromatic N) is 1. The second-order valence-electron chi connectivity index (χ2n) is 5.79. The van der Waals surface area contributed by atoms with Gasteiger partial charge in [-0.05, 0) is 30.4 Å². The molecule has 1 aliphatic rings. The van der Waals surface area contributed by atoms with Gasteiger partial charge in [-0.2, -0.15) is 0 Å². The summed E-state index contributed by atoms with van der Waals surface area (Å²) in [5, 5.41) is 11.3. The van der Waals surface area contributed by atoms with Gasteiger partial charge in [-0.1, -0.05) is 24.3 Å². The lowest BCUT2D eigenvalue weighted by Gasteiger charge is -2.26. The van der Waals surface area contributed by atoms with E-state index in [-0.39, 0.29) is 11.7 Å². The molecule has 0 aliphatic carbocycles. The van der Waals surface area contributed by atoms with E-state index < -0.39 is 11.7 Å². The lowest BCUT2D eigenvalue weighted by molar-refractivity contribution is -0.128. The minimum Gasteiger partial charge on any atom is -0.424 e. The highest BCUT2D eigenvalue weighted by atomic mass is 16.4. The molecule has 120 valence electrons. The molecular formula is C18H19NO4. The van der Waals surface area contributed by atoms with Gasteiger partial charge in [0.2, 0.25) is 5.91 Å².